The van der Waals surface area contributed by atoms with E-state index < -0.39 is 23.6 Å². The predicted molar refractivity (Wildman–Crippen MR) is 234 cm³/mol. The summed E-state index contributed by atoms with van der Waals surface area (Å²) in [6.07, 6.45) is 7.53. The van der Waals surface area contributed by atoms with Gasteiger partial charge in [0, 0.05) is 74.3 Å². The maximum atomic E-state index is 12.9. The smallest absolute Gasteiger partial charge is 0.316 e. The number of nitriles is 2. The van der Waals surface area contributed by atoms with E-state index in [2.05, 4.69) is 22.1 Å². The maximum absolute atomic E-state index is 12.9. The third kappa shape index (κ3) is 9.71. The van der Waals surface area contributed by atoms with E-state index in [0.29, 0.717) is 74.1 Å². The van der Waals surface area contributed by atoms with Crippen molar-refractivity contribution in [1.29, 1.82) is 10.5 Å². The molecule has 0 aliphatic carbocycles. The highest BCUT2D eigenvalue weighted by Gasteiger charge is 2.35. The molecule has 0 radical (unpaired) electrons. The van der Waals surface area contributed by atoms with Gasteiger partial charge < -0.3 is 24.2 Å². The summed E-state index contributed by atoms with van der Waals surface area (Å²) in [5.41, 5.74) is 9.58. The summed E-state index contributed by atoms with van der Waals surface area (Å²) in [5.74, 6) is -2.10. The van der Waals surface area contributed by atoms with E-state index in [0.717, 1.165) is 44.8 Å². The predicted octanol–water partition coefficient (Wildman–Crippen LogP) is 6.37. The standard InChI is InChI=1S/C24H19ClN4O2.C24H23N5O2/c25-21-2-1-3-22(13-21)29-11-10-28(23(30)24(29)31)16-19-8-9-27-15-20(19)12-17-4-6-18(14-26)7-5-17;1-17-4-3-5-22(18(17)2)29-11-10-27(23(30)24(29)31)15-21-13-26-16-28(21)14-20-8-6-19(12-25)7-9-20/h1-9,13,15H,10-12,16H2;3-9,13,16H,10-11,14-15H2,1-2H3. The van der Waals surface area contributed by atoms with Gasteiger partial charge in [-0.1, -0.05) is 54.1 Å². The Morgan fingerprint density at radius 3 is 1.94 bits per heavy atom. The van der Waals surface area contributed by atoms with Crippen molar-refractivity contribution < 1.29 is 19.2 Å². The second-order valence-electron chi connectivity index (χ2n) is 15.0. The highest BCUT2D eigenvalue weighted by Crippen LogP contribution is 2.26. The molecule has 310 valence electrons. The highest BCUT2D eigenvalue weighted by atomic mass is 35.5. The molecule has 0 unspecified atom stereocenters. The maximum Gasteiger partial charge on any atom is 0.316 e. The van der Waals surface area contributed by atoms with Crippen molar-refractivity contribution in [2.45, 2.75) is 39.9 Å². The van der Waals surface area contributed by atoms with Gasteiger partial charge in [-0.25, -0.2) is 4.98 Å². The fraction of sp³-hybridized carbons (Fsp3) is 0.208. The molecule has 4 heterocycles. The molecule has 0 atom stereocenters. The Morgan fingerprint density at radius 1 is 0.629 bits per heavy atom. The number of imidazole rings is 1. The van der Waals surface area contributed by atoms with E-state index in [4.69, 9.17) is 22.1 Å². The fourth-order valence-electron chi connectivity index (χ4n) is 7.39. The largest absolute Gasteiger partial charge is 0.329 e. The van der Waals surface area contributed by atoms with Gasteiger partial charge in [0.25, 0.3) is 0 Å². The number of amides is 4. The molecule has 2 fully saturated rings. The molecule has 2 aliphatic rings. The zero-order valence-electron chi connectivity index (χ0n) is 34.2. The monoisotopic (exact) mass is 843 g/mol. The van der Waals surface area contributed by atoms with E-state index in [9.17, 15) is 19.2 Å². The van der Waals surface area contributed by atoms with Crippen LogP contribution in [0.25, 0.3) is 0 Å². The number of aromatic nitrogens is 3. The number of hydrogen-bond donors (Lipinski definition) is 0. The van der Waals surface area contributed by atoms with Crippen LogP contribution in [0.3, 0.4) is 0 Å². The molecular weight excluding hydrogens is 802 g/mol. The number of nitrogens with zero attached hydrogens (tertiary/aromatic N) is 9. The van der Waals surface area contributed by atoms with Crippen molar-refractivity contribution in [1.82, 2.24) is 24.3 Å². The molecule has 2 saturated heterocycles. The molecule has 14 heteroatoms. The van der Waals surface area contributed by atoms with Gasteiger partial charge in [0.2, 0.25) is 0 Å². The van der Waals surface area contributed by atoms with Crippen LogP contribution in [0.2, 0.25) is 5.02 Å². The summed E-state index contributed by atoms with van der Waals surface area (Å²) in [4.78, 5) is 65.9. The summed E-state index contributed by atoms with van der Waals surface area (Å²) in [7, 11) is 0. The topological polar surface area (TPSA) is 160 Å². The summed E-state index contributed by atoms with van der Waals surface area (Å²) >= 11 is 6.03. The number of benzene rings is 4. The number of rotatable bonds is 10. The lowest BCUT2D eigenvalue weighted by molar-refractivity contribution is -0.146. The molecule has 8 rings (SSSR count). The van der Waals surface area contributed by atoms with E-state index in [1.54, 1.807) is 88.1 Å². The van der Waals surface area contributed by atoms with Crippen molar-refractivity contribution >= 4 is 46.6 Å². The van der Waals surface area contributed by atoms with Crippen LogP contribution in [-0.2, 0) is 45.2 Å². The van der Waals surface area contributed by atoms with Gasteiger partial charge in [0.15, 0.2) is 0 Å². The molecule has 0 spiro atoms. The lowest BCUT2D eigenvalue weighted by Crippen LogP contribution is -2.54. The Bertz CT molecular complexity index is 2720. The molecule has 2 aromatic heterocycles. The highest BCUT2D eigenvalue weighted by molar-refractivity contribution is 6.41. The quantitative estimate of drug-likeness (QED) is 0.144. The second-order valence-corrected chi connectivity index (χ2v) is 15.5. The number of hydrogen-bond acceptors (Lipinski definition) is 8. The molecule has 0 N–H and O–H groups in total. The Hall–Kier alpha value is -7.61. The number of carbonyl (C=O) groups excluding carboxylic acids is 4. The molecule has 0 saturated carbocycles. The number of aryl methyl sites for hydroxylation is 1. The van der Waals surface area contributed by atoms with E-state index in [1.807, 2.05) is 66.9 Å². The third-order valence-corrected chi connectivity index (χ3v) is 11.3. The van der Waals surface area contributed by atoms with Crippen LogP contribution >= 0.6 is 11.6 Å². The van der Waals surface area contributed by atoms with E-state index in [-0.39, 0.29) is 0 Å². The van der Waals surface area contributed by atoms with Crippen molar-refractivity contribution in [2.75, 3.05) is 36.0 Å². The van der Waals surface area contributed by atoms with E-state index >= 15 is 0 Å². The number of halogens is 1. The molecule has 4 amide bonds. The molecule has 4 aromatic carbocycles. The van der Waals surface area contributed by atoms with Crippen LogP contribution in [0.4, 0.5) is 11.4 Å². The minimum Gasteiger partial charge on any atom is -0.329 e. The zero-order chi connectivity index (χ0) is 43.8. The number of piperazine rings is 2. The Kier molecular flexibility index (Phi) is 13.2. The van der Waals surface area contributed by atoms with Crippen LogP contribution in [0.5, 0.6) is 0 Å². The van der Waals surface area contributed by atoms with Gasteiger partial charge in [-0.3, -0.25) is 24.2 Å². The zero-order valence-corrected chi connectivity index (χ0v) is 35.0. The lowest BCUT2D eigenvalue weighted by Gasteiger charge is -2.34. The number of pyridine rings is 1. The lowest BCUT2D eigenvalue weighted by atomic mass is 10.0. The van der Waals surface area contributed by atoms with Crippen LogP contribution in [0, 0.1) is 36.5 Å². The normalized spacial score (nSPS) is 14.0. The van der Waals surface area contributed by atoms with Crippen molar-refractivity contribution in [3.8, 4) is 12.1 Å². The Morgan fingerprint density at radius 2 is 1.26 bits per heavy atom. The van der Waals surface area contributed by atoms with Gasteiger partial charge in [-0.15, -0.1) is 0 Å². The molecule has 62 heavy (non-hydrogen) atoms. The van der Waals surface area contributed by atoms with Crippen molar-refractivity contribution in [3.63, 3.8) is 0 Å². The first kappa shape index (κ1) is 42.5. The molecular formula is C48H42ClN9O4. The summed E-state index contributed by atoms with van der Waals surface area (Å²) in [6.45, 7) is 6.94. The molecule has 2 aliphatic heterocycles. The van der Waals surface area contributed by atoms with E-state index in [1.165, 1.54) is 4.90 Å². The van der Waals surface area contributed by atoms with Crippen LogP contribution in [0.15, 0.2) is 122 Å². The summed E-state index contributed by atoms with van der Waals surface area (Å²) in [5, 5.41) is 18.4. The summed E-state index contributed by atoms with van der Waals surface area (Å²) < 4.78 is 1.95. The minimum absolute atomic E-state index is 0.321. The fourth-order valence-corrected chi connectivity index (χ4v) is 7.57. The van der Waals surface area contributed by atoms with Crippen LogP contribution < -0.4 is 9.80 Å². The van der Waals surface area contributed by atoms with Crippen LogP contribution in [-0.4, -0.2) is 74.1 Å². The first-order chi connectivity index (χ1) is 30.0. The average molecular weight is 844 g/mol. The molecule has 6 aromatic rings. The van der Waals surface area contributed by atoms with Crippen molar-refractivity contribution in [3.05, 3.63) is 177 Å². The SMILES string of the molecule is Cc1cccc(N2CCN(Cc3cncn3Cc3ccc(C#N)cc3)C(=O)C2=O)c1C.N#Cc1ccc(Cc2cnccc2CN2CCN(c3cccc(Cl)c3)C(=O)C2=O)cc1. The summed E-state index contributed by atoms with van der Waals surface area (Å²) in [6, 6.07) is 33.6. The first-order valence-electron chi connectivity index (χ1n) is 19.9. The van der Waals surface area contributed by atoms with Crippen molar-refractivity contribution in [2.24, 2.45) is 0 Å². The van der Waals surface area contributed by atoms with Gasteiger partial charge in [0.1, 0.15) is 0 Å². The van der Waals surface area contributed by atoms with Gasteiger partial charge in [-0.2, -0.15) is 10.5 Å². The Balaban J connectivity index is 0.000000186. The van der Waals surface area contributed by atoms with Gasteiger partial charge in [-0.05, 0) is 108 Å². The minimum atomic E-state index is -0.559. The second kappa shape index (κ2) is 19.2. The first-order valence-corrected chi connectivity index (χ1v) is 20.3. The molecule has 13 nitrogen and oxygen atoms in total. The average Bonchev–Trinajstić information content (AvgIpc) is 3.72. The molecule has 0 bridgehead atoms. The van der Waals surface area contributed by atoms with Crippen LogP contribution in [0.1, 0.15) is 50.2 Å². The van der Waals surface area contributed by atoms with Gasteiger partial charge in [0.05, 0.1) is 41.8 Å². The number of carbonyl (C=O) groups is 4. The third-order valence-electron chi connectivity index (χ3n) is 11.0. The van der Waals surface area contributed by atoms with Gasteiger partial charge >= 0.3 is 23.6 Å². The number of anilines is 2. The Labute approximate surface area is 364 Å².